The van der Waals surface area contributed by atoms with Crippen LogP contribution in [0.25, 0.3) is 0 Å². The first-order chi connectivity index (χ1) is 6.70. The van der Waals surface area contributed by atoms with E-state index in [-0.39, 0.29) is 5.91 Å². The van der Waals surface area contributed by atoms with Gasteiger partial charge in [0.2, 0.25) is 5.91 Å². The summed E-state index contributed by atoms with van der Waals surface area (Å²) in [7, 11) is 0. The maximum Gasteiger partial charge on any atom is 0.246 e. The minimum Gasteiger partial charge on any atom is -0.352 e. The minimum absolute atomic E-state index is 0.00331. The summed E-state index contributed by atoms with van der Waals surface area (Å²) in [6.45, 7) is 6.15. The van der Waals surface area contributed by atoms with E-state index in [1.54, 1.807) is 6.92 Å². The van der Waals surface area contributed by atoms with E-state index in [2.05, 4.69) is 11.9 Å². The summed E-state index contributed by atoms with van der Waals surface area (Å²) >= 11 is 0. The molecular weight excluding hydrogens is 174 g/mol. The molecule has 0 radical (unpaired) electrons. The van der Waals surface area contributed by atoms with Crippen molar-refractivity contribution in [1.82, 2.24) is 5.32 Å². The molecule has 2 heteroatoms. The molecule has 1 fully saturated rings. The van der Waals surface area contributed by atoms with Crippen LogP contribution in [0.5, 0.6) is 0 Å². The van der Waals surface area contributed by atoms with Crippen molar-refractivity contribution in [2.75, 3.05) is 6.54 Å². The third-order valence-electron chi connectivity index (χ3n) is 2.94. The Morgan fingerprint density at radius 2 is 2.07 bits per heavy atom. The molecule has 0 aliphatic heterocycles. The maximum atomic E-state index is 11.1. The van der Waals surface area contributed by atoms with Crippen molar-refractivity contribution >= 4 is 5.91 Å². The largest absolute Gasteiger partial charge is 0.352 e. The van der Waals surface area contributed by atoms with E-state index in [1.807, 2.05) is 0 Å². The lowest BCUT2D eigenvalue weighted by Gasteiger charge is -2.08. The highest BCUT2D eigenvalue weighted by atomic mass is 16.1. The summed E-state index contributed by atoms with van der Waals surface area (Å²) in [5.41, 5.74) is 0.603. The van der Waals surface area contributed by atoms with Crippen molar-refractivity contribution in [3.05, 3.63) is 12.2 Å². The Morgan fingerprint density at radius 1 is 1.43 bits per heavy atom. The minimum atomic E-state index is -0.00331. The Bertz CT molecular complexity index is 204. The van der Waals surface area contributed by atoms with Gasteiger partial charge < -0.3 is 5.32 Å². The number of rotatable bonds is 5. The van der Waals surface area contributed by atoms with Gasteiger partial charge in [-0.15, -0.1) is 0 Å². The van der Waals surface area contributed by atoms with E-state index in [0.29, 0.717) is 5.57 Å². The first-order valence-corrected chi connectivity index (χ1v) is 5.64. The molecular formula is C12H21NO. The SMILES string of the molecule is C=C(C)C(=O)NCCCC1CCCC1. The van der Waals surface area contributed by atoms with Crippen molar-refractivity contribution in [1.29, 1.82) is 0 Å². The van der Waals surface area contributed by atoms with E-state index >= 15 is 0 Å². The summed E-state index contributed by atoms with van der Waals surface area (Å²) in [6, 6.07) is 0. The molecule has 0 aromatic heterocycles. The molecule has 0 aromatic carbocycles. The lowest BCUT2D eigenvalue weighted by Crippen LogP contribution is -2.24. The predicted octanol–water partition coefficient (Wildman–Crippen LogP) is 2.65. The highest BCUT2D eigenvalue weighted by Crippen LogP contribution is 2.28. The lowest BCUT2D eigenvalue weighted by molar-refractivity contribution is -0.117. The van der Waals surface area contributed by atoms with Crippen LogP contribution in [0, 0.1) is 5.92 Å². The van der Waals surface area contributed by atoms with Gasteiger partial charge in [-0.1, -0.05) is 32.3 Å². The zero-order valence-electron chi connectivity index (χ0n) is 9.14. The molecule has 1 aliphatic rings. The molecule has 1 saturated carbocycles. The van der Waals surface area contributed by atoms with Gasteiger partial charge in [-0.25, -0.2) is 0 Å². The molecule has 1 aliphatic carbocycles. The van der Waals surface area contributed by atoms with Crippen LogP contribution in [0.1, 0.15) is 45.4 Å². The topological polar surface area (TPSA) is 29.1 Å². The van der Waals surface area contributed by atoms with E-state index in [0.717, 1.165) is 18.9 Å². The van der Waals surface area contributed by atoms with Crippen LogP contribution in [-0.2, 0) is 4.79 Å². The summed E-state index contributed by atoms with van der Waals surface area (Å²) in [5.74, 6) is 0.924. The maximum absolute atomic E-state index is 11.1. The number of nitrogens with one attached hydrogen (secondary N) is 1. The summed E-state index contributed by atoms with van der Waals surface area (Å²) in [5, 5.41) is 2.87. The average molecular weight is 195 g/mol. The lowest BCUT2D eigenvalue weighted by atomic mass is 10.0. The van der Waals surface area contributed by atoms with E-state index in [4.69, 9.17) is 0 Å². The number of hydrogen-bond acceptors (Lipinski definition) is 1. The van der Waals surface area contributed by atoms with Crippen LogP contribution in [0.2, 0.25) is 0 Å². The molecule has 2 nitrogen and oxygen atoms in total. The van der Waals surface area contributed by atoms with Gasteiger partial charge >= 0.3 is 0 Å². The van der Waals surface area contributed by atoms with Crippen molar-refractivity contribution in [3.8, 4) is 0 Å². The molecule has 80 valence electrons. The fourth-order valence-corrected chi connectivity index (χ4v) is 2.04. The average Bonchev–Trinajstić information content (AvgIpc) is 2.64. The van der Waals surface area contributed by atoms with E-state index in [1.165, 1.54) is 32.1 Å². The third-order valence-corrected chi connectivity index (χ3v) is 2.94. The van der Waals surface area contributed by atoms with Crippen molar-refractivity contribution in [2.45, 2.75) is 45.4 Å². The van der Waals surface area contributed by atoms with Gasteiger partial charge in [0, 0.05) is 12.1 Å². The Morgan fingerprint density at radius 3 is 2.64 bits per heavy atom. The molecule has 1 rings (SSSR count). The summed E-state index contributed by atoms with van der Waals surface area (Å²) in [4.78, 5) is 11.1. The third kappa shape index (κ3) is 3.95. The molecule has 1 N–H and O–H groups in total. The molecule has 0 heterocycles. The molecule has 1 amide bonds. The molecule has 0 aromatic rings. The quantitative estimate of drug-likeness (QED) is 0.530. The van der Waals surface area contributed by atoms with E-state index in [9.17, 15) is 4.79 Å². The Labute approximate surface area is 86.8 Å². The van der Waals surface area contributed by atoms with Gasteiger partial charge in [-0.3, -0.25) is 4.79 Å². The zero-order valence-corrected chi connectivity index (χ0v) is 9.14. The first kappa shape index (κ1) is 11.3. The molecule has 0 spiro atoms. The van der Waals surface area contributed by atoms with Gasteiger partial charge in [-0.05, 0) is 25.7 Å². The van der Waals surface area contributed by atoms with Gasteiger partial charge in [0.05, 0.1) is 0 Å². The molecule has 0 bridgehead atoms. The van der Waals surface area contributed by atoms with Crippen LogP contribution in [0.3, 0.4) is 0 Å². The second-order valence-corrected chi connectivity index (χ2v) is 4.33. The van der Waals surface area contributed by atoms with Gasteiger partial charge in [0.1, 0.15) is 0 Å². The zero-order chi connectivity index (χ0) is 10.4. The van der Waals surface area contributed by atoms with Crippen molar-refractivity contribution in [3.63, 3.8) is 0 Å². The monoisotopic (exact) mass is 195 g/mol. The second-order valence-electron chi connectivity index (χ2n) is 4.33. The first-order valence-electron chi connectivity index (χ1n) is 5.64. The number of carbonyl (C=O) groups excluding carboxylic acids is 1. The Kier molecular flexibility index (Phi) is 4.71. The van der Waals surface area contributed by atoms with Gasteiger partial charge in [0.25, 0.3) is 0 Å². The Hall–Kier alpha value is -0.790. The predicted molar refractivity (Wildman–Crippen MR) is 59.0 cm³/mol. The normalized spacial score (nSPS) is 16.9. The van der Waals surface area contributed by atoms with Crippen LogP contribution in [-0.4, -0.2) is 12.5 Å². The smallest absolute Gasteiger partial charge is 0.246 e. The van der Waals surface area contributed by atoms with E-state index < -0.39 is 0 Å². The van der Waals surface area contributed by atoms with Crippen molar-refractivity contribution < 1.29 is 4.79 Å². The van der Waals surface area contributed by atoms with Crippen LogP contribution < -0.4 is 5.32 Å². The molecule has 0 unspecified atom stereocenters. The molecule has 14 heavy (non-hydrogen) atoms. The summed E-state index contributed by atoms with van der Waals surface area (Å²) in [6.07, 6.45) is 7.99. The van der Waals surface area contributed by atoms with Gasteiger partial charge in [0.15, 0.2) is 0 Å². The number of hydrogen-bond donors (Lipinski definition) is 1. The summed E-state index contributed by atoms with van der Waals surface area (Å²) < 4.78 is 0. The molecule has 0 atom stereocenters. The fraction of sp³-hybridized carbons (Fsp3) is 0.750. The number of carbonyl (C=O) groups is 1. The van der Waals surface area contributed by atoms with Crippen LogP contribution in [0.4, 0.5) is 0 Å². The standard InChI is InChI=1S/C12H21NO/c1-10(2)12(14)13-9-5-8-11-6-3-4-7-11/h11H,1,3-9H2,2H3,(H,13,14). The highest BCUT2D eigenvalue weighted by Gasteiger charge is 2.14. The Balaban J connectivity index is 1.98. The van der Waals surface area contributed by atoms with Crippen LogP contribution >= 0.6 is 0 Å². The van der Waals surface area contributed by atoms with Gasteiger partial charge in [-0.2, -0.15) is 0 Å². The number of amides is 1. The van der Waals surface area contributed by atoms with Crippen LogP contribution in [0.15, 0.2) is 12.2 Å². The van der Waals surface area contributed by atoms with Crippen molar-refractivity contribution in [2.24, 2.45) is 5.92 Å². The highest BCUT2D eigenvalue weighted by molar-refractivity contribution is 5.91. The molecule has 0 saturated heterocycles. The second kappa shape index (κ2) is 5.84. The fourth-order valence-electron chi connectivity index (χ4n) is 2.04.